The van der Waals surface area contributed by atoms with Gasteiger partial charge in [-0.25, -0.2) is 8.42 Å². The first-order chi connectivity index (χ1) is 13.4. The minimum atomic E-state index is -3.94. The van der Waals surface area contributed by atoms with E-state index in [1.165, 1.54) is 17.0 Å². The molecule has 29 heavy (non-hydrogen) atoms. The van der Waals surface area contributed by atoms with Gasteiger partial charge in [-0.1, -0.05) is 31.5 Å². The first kappa shape index (κ1) is 24.6. The molecule has 0 fully saturated rings. The maximum absolute atomic E-state index is 12.6. The molecule has 1 aromatic rings. The molecule has 1 rings (SSSR count). The van der Waals surface area contributed by atoms with Gasteiger partial charge in [-0.3, -0.25) is 14.4 Å². The number of rotatable bonds is 10. The highest BCUT2D eigenvalue weighted by atomic mass is 32.2. The zero-order valence-electron chi connectivity index (χ0n) is 17.4. The number of nitrogens with one attached hydrogen (secondary N) is 2. The molecule has 2 amide bonds. The molecule has 1 atom stereocenters. The second-order valence-corrected chi connectivity index (χ2v) is 9.00. The molecule has 0 spiro atoms. The lowest BCUT2D eigenvalue weighted by Crippen LogP contribution is -2.44. The van der Waals surface area contributed by atoms with E-state index < -0.39 is 34.5 Å². The van der Waals surface area contributed by atoms with Crippen LogP contribution in [0.1, 0.15) is 25.8 Å². The second-order valence-electron chi connectivity index (χ2n) is 7.29. The lowest BCUT2D eigenvalue weighted by molar-refractivity contribution is -0.150. The molecule has 10 heteroatoms. The molecule has 0 saturated heterocycles. The highest BCUT2D eigenvalue weighted by molar-refractivity contribution is 7.89. The Kier molecular flexibility index (Phi) is 9.25. The van der Waals surface area contributed by atoms with Crippen LogP contribution in [0.2, 0.25) is 0 Å². The van der Waals surface area contributed by atoms with Gasteiger partial charge in [-0.2, -0.15) is 4.72 Å². The van der Waals surface area contributed by atoms with Crippen molar-refractivity contribution >= 4 is 27.8 Å². The SMILES string of the molecule is Cc1ccc(S(=O)(=O)N[C@@H](CC(C)C)C(=O)OCC(=O)NCC(=O)N(C)C)cc1. The van der Waals surface area contributed by atoms with E-state index in [1.54, 1.807) is 26.2 Å². The van der Waals surface area contributed by atoms with Crippen molar-refractivity contribution in [2.24, 2.45) is 5.92 Å². The fourth-order valence-electron chi connectivity index (χ4n) is 2.26. The number of amides is 2. The number of ether oxygens (including phenoxy) is 1. The van der Waals surface area contributed by atoms with Crippen molar-refractivity contribution < 1.29 is 27.5 Å². The number of benzene rings is 1. The fraction of sp³-hybridized carbons (Fsp3) is 0.526. The quantitative estimate of drug-likeness (QED) is 0.523. The monoisotopic (exact) mass is 427 g/mol. The van der Waals surface area contributed by atoms with Crippen LogP contribution in [0.3, 0.4) is 0 Å². The summed E-state index contributed by atoms with van der Waals surface area (Å²) in [6, 6.07) is 5.07. The number of hydrogen-bond acceptors (Lipinski definition) is 6. The molecule has 0 aliphatic heterocycles. The molecule has 0 heterocycles. The molecular weight excluding hydrogens is 398 g/mol. The molecule has 0 unspecified atom stereocenters. The van der Waals surface area contributed by atoms with Crippen molar-refractivity contribution in [3.05, 3.63) is 29.8 Å². The minimum absolute atomic E-state index is 0.000179. The van der Waals surface area contributed by atoms with Crippen LogP contribution in [0.15, 0.2) is 29.2 Å². The summed E-state index contributed by atoms with van der Waals surface area (Å²) in [4.78, 5) is 36.9. The third-order valence-electron chi connectivity index (χ3n) is 3.90. The number of likely N-dealkylation sites (N-methyl/N-ethyl adjacent to an activating group) is 1. The topological polar surface area (TPSA) is 122 Å². The zero-order chi connectivity index (χ0) is 22.2. The van der Waals surface area contributed by atoms with Crippen LogP contribution >= 0.6 is 0 Å². The Morgan fingerprint density at radius 2 is 1.69 bits per heavy atom. The summed E-state index contributed by atoms with van der Waals surface area (Å²) in [5, 5.41) is 2.33. The fourth-order valence-corrected chi connectivity index (χ4v) is 3.45. The van der Waals surface area contributed by atoms with Crippen LogP contribution in [0, 0.1) is 12.8 Å². The van der Waals surface area contributed by atoms with Crippen LogP contribution in [-0.4, -0.2) is 64.4 Å². The molecule has 1 aromatic carbocycles. The van der Waals surface area contributed by atoms with Crippen molar-refractivity contribution in [3.8, 4) is 0 Å². The summed E-state index contributed by atoms with van der Waals surface area (Å²) in [5.74, 6) is -1.82. The summed E-state index contributed by atoms with van der Waals surface area (Å²) in [6.07, 6.45) is 0.199. The molecule has 162 valence electrons. The Balaban J connectivity index is 2.74. The summed E-state index contributed by atoms with van der Waals surface area (Å²) >= 11 is 0. The van der Waals surface area contributed by atoms with Crippen molar-refractivity contribution in [2.75, 3.05) is 27.2 Å². The van der Waals surface area contributed by atoms with Gasteiger partial charge in [-0.05, 0) is 31.4 Å². The van der Waals surface area contributed by atoms with Gasteiger partial charge in [0, 0.05) is 14.1 Å². The molecule has 0 radical (unpaired) electrons. The Labute approximate surface area is 171 Å². The molecule has 0 aliphatic rings. The average molecular weight is 428 g/mol. The zero-order valence-corrected chi connectivity index (χ0v) is 18.2. The number of sulfonamides is 1. The molecular formula is C19H29N3O6S. The van der Waals surface area contributed by atoms with E-state index in [9.17, 15) is 22.8 Å². The van der Waals surface area contributed by atoms with Gasteiger partial charge in [0.05, 0.1) is 11.4 Å². The van der Waals surface area contributed by atoms with Crippen molar-refractivity contribution in [3.63, 3.8) is 0 Å². The summed E-state index contributed by atoms with van der Waals surface area (Å²) in [6.45, 7) is 4.67. The minimum Gasteiger partial charge on any atom is -0.454 e. The van der Waals surface area contributed by atoms with Crippen LogP contribution in [-0.2, 0) is 29.1 Å². The lowest BCUT2D eigenvalue weighted by Gasteiger charge is -2.19. The molecule has 0 bridgehead atoms. The van der Waals surface area contributed by atoms with E-state index in [1.807, 2.05) is 20.8 Å². The van der Waals surface area contributed by atoms with Crippen LogP contribution in [0.4, 0.5) is 0 Å². The Bertz CT molecular complexity index is 819. The first-order valence-corrected chi connectivity index (χ1v) is 10.6. The maximum Gasteiger partial charge on any atom is 0.324 e. The summed E-state index contributed by atoms with van der Waals surface area (Å²) < 4.78 is 32.5. The largest absolute Gasteiger partial charge is 0.454 e. The number of carbonyl (C=O) groups is 3. The normalized spacial score (nSPS) is 12.3. The predicted molar refractivity (Wildman–Crippen MR) is 107 cm³/mol. The van der Waals surface area contributed by atoms with Gasteiger partial charge < -0.3 is 15.0 Å². The summed E-state index contributed by atoms with van der Waals surface area (Å²) in [5.41, 5.74) is 0.904. The van der Waals surface area contributed by atoms with E-state index in [4.69, 9.17) is 4.74 Å². The molecule has 0 aliphatic carbocycles. The van der Waals surface area contributed by atoms with Gasteiger partial charge in [0.15, 0.2) is 6.61 Å². The van der Waals surface area contributed by atoms with E-state index in [2.05, 4.69) is 10.0 Å². The Hall–Kier alpha value is -2.46. The van der Waals surface area contributed by atoms with Gasteiger partial charge in [0.25, 0.3) is 5.91 Å². The third-order valence-corrected chi connectivity index (χ3v) is 5.39. The maximum atomic E-state index is 12.6. The number of esters is 1. The molecule has 0 saturated carbocycles. The van der Waals surface area contributed by atoms with Crippen LogP contribution in [0.25, 0.3) is 0 Å². The van der Waals surface area contributed by atoms with Crippen molar-refractivity contribution in [1.29, 1.82) is 0 Å². The highest BCUT2D eigenvalue weighted by Gasteiger charge is 2.28. The van der Waals surface area contributed by atoms with Gasteiger partial charge >= 0.3 is 5.97 Å². The number of nitrogens with zero attached hydrogens (tertiary/aromatic N) is 1. The second kappa shape index (κ2) is 10.9. The Morgan fingerprint density at radius 3 is 2.21 bits per heavy atom. The molecule has 0 aromatic heterocycles. The van der Waals surface area contributed by atoms with Gasteiger partial charge in [-0.15, -0.1) is 0 Å². The van der Waals surface area contributed by atoms with E-state index in [0.717, 1.165) is 5.56 Å². The molecule has 9 nitrogen and oxygen atoms in total. The van der Waals surface area contributed by atoms with Gasteiger partial charge in [0.2, 0.25) is 15.9 Å². The number of aryl methyl sites for hydroxylation is 1. The van der Waals surface area contributed by atoms with Gasteiger partial charge in [0.1, 0.15) is 6.04 Å². The van der Waals surface area contributed by atoms with E-state index in [-0.39, 0.29) is 29.7 Å². The standard InChI is InChI=1S/C19H29N3O6S/c1-13(2)10-16(21-29(26,27)15-8-6-14(3)7-9-15)19(25)28-12-17(23)20-11-18(24)22(4)5/h6-9,13,16,21H,10-12H2,1-5H3,(H,20,23)/t16-/m0/s1. The predicted octanol–water partition coefficient (Wildman–Crippen LogP) is 0.436. The Morgan fingerprint density at radius 1 is 1.10 bits per heavy atom. The summed E-state index contributed by atoms with van der Waals surface area (Å²) in [7, 11) is -0.844. The van der Waals surface area contributed by atoms with Crippen molar-refractivity contribution in [2.45, 2.75) is 38.1 Å². The van der Waals surface area contributed by atoms with Crippen LogP contribution in [0.5, 0.6) is 0 Å². The van der Waals surface area contributed by atoms with E-state index in [0.29, 0.717) is 0 Å². The van der Waals surface area contributed by atoms with E-state index >= 15 is 0 Å². The lowest BCUT2D eigenvalue weighted by atomic mass is 10.1. The van der Waals surface area contributed by atoms with Crippen molar-refractivity contribution in [1.82, 2.24) is 14.9 Å². The number of carbonyl (C=O) groups excluding carboxylic acids is 3. The van der Waals surface area contributed by atoms with Crippen LogP contribution < -0.4 is 10.0 Å². The molecule has 2 N–H and O–H groups in total. The highest BCUT2D eigenvalue weighted by Crippen LogP contribution is 2.14. The first-order valence-electron chi connectivity index (χ1n) is 9.15. The number of hydrogen-bond donors (Lipinski definition) is 2. The smallest absolute Gasteiger partial charge is 0.324 e. The third kappa shape index (κ3) is 8.61. The average Bonchev–Trinajstić information content (AvgIpc) is 2.63.